The molecule has 2 nitrogen and oxygen atoms in total. The zero-order valence-corrected chi connectivity index (χ0v) is 14.9. The highest BCUT2D eigenvalue weighted by Crippen LogP contribution is 2.36. The second-order valence-electron chi connectivity index (χ2n) is 7.06. The van der Waals surface area contributed by atoms with Crippen molar-refractivity contribution in [2.75, 3.05) is 13.6 Å². The lowest BCUT2D eigenvalue weighted by atomic mass is 9.75. The molecular formula is C18H26BrNO. The van der Waals surface area contributed by atoms with Crippen LogP contribution in [-0.2, 0) is 0 Å². The van der Waals surface area contributed by atoms with Crippen molar-refractivity contribution in [2.24, 2.45) is 5.41 Å². The van der Waals surface area contributed by atoms with Gasteiger partial charge in [-0.15, -0.1) is 0 Å². The SMILES string of the molecule is CN(CCC(=O)c1cccc(Br)c1)C1CCC(C)(C)CC1. The Balaban J connectivity index is 1.81. The third-order valence-corrected chi connectivity index (χ3v) is 5.26. The quantitative estimate of drug-likeness (QED) is 0.701. The van der Waals surface area contributed by atoms with Gasteiger partial charge in [-0.05, 0) is 50.3 Å². The Morgan fingerprint density at radius 1 is 1.33 bits per heavy atom. The van der Waals surface area contributed by atoms with Gasteiger partial charge in [-0.2, -0.15) is 0 Å². The van der Waals surface area contributed by atoms with Crippen molar-refractivity contribution in [2.45, 2.75) is 52.0 Å². The molecule has 0 aromatic heterocycles. The van der Waals surface area contributed by atoms with E-state index < -0.39 is 0 Å². The second-order valence-corrected chi connectivity index (χ2v) is 7.98. The van der Waals surface area contributed by atoms with Crippen LogP contribution in [0.2, 0.25) is 0 Å². The molecule has 2 rings (SSSR count). The van der Waals surface area contributed by atoms with E-state index in [1.165, 1.54) is 25.7 Å². The van der Waals surface area contributed by atoms with Gasteiger partial charge in [0.25, 0.3) is 0 Å². The van der Waals surface area contributed by atoms with Gasteiger partial charge in [0, 0.05) is 29.0 Å². The molecule has 21 heavy (non-hydrogen) atoms. The highest BCUT2D eigenvalue weighted by atomic mass is 79.9. The molecule has 1 fully saturated rings. The van der Waals surface area contributed by atoms with E-state index in [-0.39, 0.29) is 5.78 Å². The minimum atomic E-state index is 0.235. The predicted molar refractivity (Wildman–Crippen MR) is 91.8 cm³/mol. The van der Waals surface area contributed by atoms with Gasteiger partial charge in [0.05, 0.1) is 0 Å². The van der Waals surface area contributed by atoms with Gasteiger partial charge in [0.15, 0.2) is 5.78 Å². The van der Waals surface area contributed by atoms with Gasteiger partial charge in [-0.3, -0.25) is 4.79 Å². The van der Waals surface area contributed by atoms with E-state index in [1.54, 1.807) is 0 Å². The molecule has 0 unspecified atom stereocenters. The Bertz CT molecular complexity index is 488. The van der Waals surface area contributed by atoms with Crippen molar-refractivity contribution in [3.8, 4) is 0 Å². The van der Waals surface area contributed by atoms with E-state index in [0.717, 1.165) is 16.6 Å². The van der Waals surface area contributed by atoms with E-state index >= 15 is 0 Å². The van der Waals surface area contributed by atoms with E-state index in [4.69, 9.17) is 0 Å². The van der Waals surface area contributed by atoms with E-state index in [9.17, 15) is 4.79 Å². The van der Waals surface area contributed by atoms with Crippen LogP contribution in [0.15, 0.2) is 28.7 Å². The van der Waals surface area contributed by atoms with Gasteiger partial charge in [0.1, 0.15) is 0 Å². The van der Waals surface area contributed by atoms with Crippen LogP contribution in [0.4, 0.5) is 0 Å². The highest BCUT2D eigenvalue weighted by Gasteiger charge is 2.28. The van der Waals surface area contributed by atoms with E-state index in [1.807, 2.05) is 24.3 Å². The van der Waals surface area contributed by atoms with Crippen LogP contribution in [0, 0.1) is 5.41 Å². The Morgan fingerprint density at radius 3 is 2.62 bits per heavy atom. The molecule has 1 aliphatic carbocycles. The van der Waals surface area contributed by atoms with Crippen LogP contribution >= 0.6 is 15.9 Å². The van der Waals surface area contributed by atoms with Gasteiger partial charge >= 0.3 is 0 Å². The zero-order valence-electron chi connectivity index (χ0n) is 13.4. The minimum absolute atomic E-state index is 0.235. The number of rotatable bonds is 5. The monoisotopic (exact) mass is 351 g/mol. The molecule has 3 heteroatoms. The smallest absolute Gasteiger partial charge is 0.164 e. The molecule has 0 heterocycles. The van der Waals surface area contributed by atoms with Crippen molar-refractivity contribution < 1.29 is 4.79 Å². The van der Waals surface area contributed by atoms with Crippen molar-refractivity contribution >= 4 is 21.7 Å². The summed E-state index contributed by atoms with van der Waals surface area (Å²) in [6.45, 7) is 5.58. The first-order chi connectivity index (χ1) is 9.87. The topological polar surface area (TPSA) is 20.3 Å². The van der Waals surface area contributed by atoms with Crippen molar-refractivity contribution in [3.63, 3.8) is 0 Å². The molecule has 0 amide bonds. The van der Waals surface area contributed by atoms with Crippen molar-refractivity contribution in [1.82, 2.24) is 4.90 Å². The summed E-state index contributed by atoms with van der Waals surface area (Å²) in [5.41, 5.74) is 1.31. The first-order valence-corrected chi connectivity index (χ1v) is 8.66. The van der Waals surface area contributed by atoms with Crippen molar-refractivity contribution in [1.29, 1.82) is 0 Å². The van der Waals surface area contributed by atoms with E-state index in [2.05, 4.69) is 41.7 Å². The van der Waals surface area contributed by atoms with Crippen LogP contribution < -0.4 is 0 Å². The first-order valence-electron chi connectivity index (χ1n) is 7.86. The number of benzene rings is 1. The fourth-order valence-corrected chi connectivity index (χ4v) is 3.49. The molecule has 1 aliphatic rings. The molecule has 0 radical (unpaired) electrons. The van der Waals surface area contributed by atoms with Gasteiger partial charge < -0.3 is 4.90 Å². The lowest BCUT2D eigenvalue weighted by Crippen LogP contribution is -2.38. The van der Waals surface area contributed by atoms with Crippen molar-refractivity contribution in [3.05, 3.63) is 34.3 Å². The average molecular weight is 352 g/mol. The number of nitrogens with zero attached hydrogens (tertiary/aromatic N) is 1. The minimum Gasteiger partial charge on any atom is -0.303 e. The molecule has 0 aliphatic heterocycles. The fourth-order valence-electron chi connectivity index (χ4n) is 3.09. The highest BCUT2D eigenvalue weighted by molar-refractivity contribution is 9.10. The number of hydrogen-bond acceptors (Lipinski definition) is 2. The lowest BCUT2D eigenvalue weighted by Gasteiger charge is -2.38. The second kappa shape index (κ2) is 7.06. The van der Waals surface area contributed by atoms with E-state index in [0.29, 0.717) is 17.9 Å². The largest absolute Gasteiger partial charge is 0.303 e. The molecule has 116 valence electrons. The summed E-state index contributed by atoms with van der Waals surface area (Å²) in [7, 11) is 2.16. The Morgan fingerprint density at radius 2 is 2.00 bits per heavy atom. The Hall–Kier alpha value is -0.670. The third kappa shape index (κ3) is 4.93. The summed E-state index contributed by atoms with van der Waals surface area (Å²) >= 11 is 3.42. The third-order valence-electron chi connectivity index (χ3n) is 4.77. The van der Waals surface area contributed by atoms with Gasteiger partial charge in [-0.25, -0.2) is 0 Å². The number of ketones is 1. The molecule has 1 aromatic carbocycles. The molecule has 1 saturated carbocycles. The number of carbonyl (C=O) groups is 1. The molecule has 0 saturated heterocycles. The van der Waals surface area contributed by atoms with Crippen LogP contribution in [0.1, 0.15) is 56.3 Å². The maximum absolute atomic E-state index is 12.2. The summed E-state index contributed by atoms with van der Waals surface area (Å²) in [6, 6.07) is 8.33. The normalized spacial score (nSPS) is 18.9. The fraction of sp³-hybridized carbons (Fsp3) is 0.611. The van der Waals surface area contributed by atoms with Crippen LogP contribution in [0.25, 0.3) is 0 Å². The standard InChI is InChI=1S/C18H26BrNO/c1-18(2)10-7-16(8-11-18)20(3)12-9-17(21)14-5-4-6-15(19)13-14/h4-6,13,16H,7-12H2,1-3H3. The number of Topliss-reactive ketones (excluding diaryl/α,β-unsaturated/α-hetero) is 1. The molecular weight excluding hydrogens is 326 g/mol. The lowest BCUT2D eigenvalue weighted by molar-refractivity contribution is 0.0925. The Kier molecular flexibility index (Phi) is 5.61. The van der Waals surface area contributed by atoms with Crippen LogP contribution in [0.5, 0.6) is 0 Å². The molecule has 0 spiro atoms. The summed E-state index contributed by atoms with van der Waals surface area (Å²) in [5.74, 6) is 0.235. The van der Waals surface area contributed by atoms with Gasteiger partial charge in [-0.1, -0.05) is 41.9 Å². The number of halogens is 1. The first kappa shape index (κ1) is 16.7. The molecule has 1 aromatic rings. The summed E-state index contributed by atoms with van der Waals surface area (Å²) in [5, 5.41) is 0. The van der Waals surface area contributed by atoms with Gasteiger partial charge in [0.2, 0.25) is 0 Å². The average Bonchev–Trinajstić information content (AvgIpc) is 2.44. The Labute approximate surface area is 137 Å². The summed E-state index contributed by atoms with van der Waals surface area (Å²) in [4.78, 5) is 14.6. The molecule has 0 atom stereocenters. The van der Waals surface area contributed by atoms with Crippen LogP contribution in [0.3, 0.4) is 0 Å². The zero-order chi connectivity index (χ0) is 15.5. The van der Waals surface area contributed by atoms with Crippen LogP contribution in [-0.4, -0.2) is 30.3 Å². The maximum Gasteiger partial charge on any atom is 0.164 e. The maximum atomic E-state index is 12.2. The predicted octanol–water partition coefficient (Wildman–Crippen LogP) is 4.92. The summed E-state index contributed by atoms with van der Waals surface area (Å²) in [6.07, 6.45) is 5.71. The number of carbonyl (C=O) groups excluding carboxylic acids is 1. The molecule has 0 N–H and O–H groups in total. The molecule has 0 bridgehead atoms. The summed E-state index contributed by atoms with van der Waals surface area (Å²) < 4.78 is 0.969. The number of hydrogen-bond donors (Lipinski definition) is 0.